The van der Waals surface area contributed by atoms with Gasteiger partial charge in [0.05, 0.1) is 5.25 Å². The molecule has 6 nitrogen and oxygen atoms in total. The Morgan fingerprint density at radius 2 is 2.06 bits per heavy atom. The van der Waals surface area contributed by atoms with E-state index in [1.807, 2.05) is 0 Å². The molecular formula is C11H19N5OS. The van der Waals surface area contributed by atoms with Crippen molar-refractivity contribution in [2.24, 2.45) is 0 Å². The van der Waals surface area contributed by atoms with Crippen molar-refractivity contribution in [3.8, 4) is 0 Å². The number of rotatable bonds is 6. The average molecular weight is 269 g/mol. The van der Waals surface area contributed by atoms with Crippen LogP contribution in [0.3, 0.4) is 0 Å². The zero-order valence-electron chi connectivity index (χ0n) is 10.6. The highest BCUT2D eigenvalue weighted by atomic mass is 32.2. The molecule has 0 bridgehead atoms. The first-order chi connectivity index (χ1) is 8.52. The summed E-state index contributed by atoms with van der Waals surface area (Å²) in [6, 6.07) is 1.48. The molecule has 1 aromatic rings. The van der Waals surface area contributed by atoms with Crippen molar-refractivity contribution in [3.05, 3.63) is 6.07 Å². The molecule has 1 unspecified atom stereocenters. The number of anilines is 2. The fraction of sp³-hybridized carbons (Fsp3) is 0.545. The Labute approximate surface area is 111 Å². The minimum atomic E-state index is -0.275. The average Bonchev–Trinajstić information content (AvgIpc) is 2.27. The molecule has 7 heteroatoms. The van der Waals surface area contributed by atoms with Crippen LogP contribution < -0.4 is 16.8 Å². The van der Waals surface area contributed by atoms with Gasteiger partial charge in [0.1, 0.15) is 11.6 Å². The van der Waals surface area contributed by atoms with E-state index >= 15 is 0 Å². The van der Waals surface area contributed by atoms with Crippen LogP contribution >= 0.6 is 11.8 Å². The number of nitrogens with one attached hydrogen (secondary N) is 1. The number of carbonyl (C=O) groups excluding carboxylic acids is 1. The SMILES string of the molecule is CCCCNC(=O)C(C)Sc1nc(N)cc(N)n1. The summed E-state index contributed by atoms with van der Waals surface area (Å²) in [5, 5.41) is 3.00. The molecule has 0 saturated heterocycles. The van der Waals surface area contributed by atoms with Crippen LogP contribution in [0, 0.1) is 0 Å². The number of nitrogen functional groups attached to an aromatic ring is 2. The highest BCUT2D eigenvalue weighted by Gasteiger charge is 2.15. The molecule has 1 amide bonds. The van der Waals surface area contributed by atoms with Crippen LogP contribution in [0.2, 0.25) is 0 Å². The lowest BCUT2D eigenvalue weighted by molar-refractivity contribution is -0.120. The molecule has 100 valence electrons. The number of hydrogen-bond acceptors (Lipinski definition) is 6. The van der Waals surface area contributed by atoms with Crippen molar-refractivity contribution in [1.29, 1.82) is 0 Å². The molecule has 0 aliphatic heterocycles. The Morgan fingerprint density at radius 1 is 1.44 bits per heavy atom. The van der Waals surface area contributed by atoms with Crippen molar-refractivity contribution < 1.29 is 4.79 Å². The van der Waals surface area contributed by atoms with Crippen molar-refractivity contribution in [2.75, 3.05) is 18.0 Å². The molecule has 1 heterocycles. The van der Waals surface area contributed by atoms with Crippen LogP contribution in [0.25, 0.3) is 0 Å². The number of hydrogen-bond donors (Lipinski definition) is 3. The van der Waals surface area contributed by atoms with Crippen molar-refractivity contribution in [1.82, 2.24) is 15.3 Å². The topological polar surface area (TPSA) is 107 Å². The van der Waals surface area contributed by atoms with E-state index < -0.39 is 0 Å². The van der Waals surface area contributed by atoms with Crippen molar-refractivity contribution in [2.45, 2.75) is 37.1 Å². The number of nitrogens with zero attached hydrogens (tertiary/aromatic N) is 2. The summed E-state index contributed by atoms with van der Waals surface area (Å²) in [5.74, 6) is 0.588. The van der Waals surface area contributed by atoms with E-state index in [9.17, 15) is 4.79 Å². The van der Waals surface area contributed by atoms with Crippen molar-refractivity contribution in [3.63, 3.8) is 0 Å². The van der Waals surface area contributed by atoms with E-state index in [0.29, 0.717) is 23.3 Å². The molecule has 18 heavy (non-hydrogen) atoms. The van der Waals surface area contributed by atoms with Crippen LogP contribution in [0.5, 0.6) is 0 Å². The standard InChI is InChI=1S/C11H19N5OS/c1-3-4-5-14-10(17)7(2)18-11-15-8(12)6-9(13)16-11/h6-7H,3-5H2,1-2H3,(H,14,17)(H4,12,13,15,16). The summed E-state index contributed by atoms with van der Waals surface area (Å²) in [4.78, 5) is 19.8. The molecule has 0 spiro atoms. The molecule has 0 saturated carbocycles. The van der Waals surface area contributed by atoms with E-state index in [-0.39, 0.29) is 11.2 Å². The van der Waals surface area contributed by atoms with Gasteiger partial charge in [-0.25, -0.2) is 9.97 Å². The van der Waals surface area contributed by atoms with Gasteiger partial charge in [-0.3, -0.25) is 4.79 Å². The van der Waals surface area contributed by atoms with Gasteiger partial charge in [0, 0.05) is 12.6 Å². The Balaban J connectivity index is 2.52. The summed E-state index contributed by atoms with van der Waals surface area (Å²) < 4.78 is 0. The third kappa shape index (κ3) is 4.79. The number of unbranched alkanes of at least 4 members (excludes halogenated alkanes) is 1. The Kier molecular flexibility index (Phi) is 5.70. The smallest absolute Gasteiger partial charge is 0.233 e. The molecule has 0 fully saturated rings. The van der Waals surface area contributed by atoms with Crippen molar-refractivity contribution >= 4 is 29.3 Å². The number of aromatic nitrogens is 2. The maximum Gasteiger partial charge on any atom is 0.233 e. The summed E-state index contributed by atoms with van der Waals surface area (Å²) in [6.45, 7) is 4.57. The monoisotopic (exact) mass is 269 g/mol. The Morgan fingerprint density at radius 3 is 2.61 bits per heavy atom. The summed E-state index contributed by atoms with van der Waals surface area (Å²) in [7, 11) is 0. The molecule has 0 aliphatic rings. The molecule has 5 N–H and O–H groups in total. The van der Waals surface area contributed by atoms with Crippen LogP contribution in [0.4, 0.5) is 11.6 Å². The normalized spacial score (nSPS) is 12.1. The van der Waals surface area contributed by atoms with E-state index in [2.05, 4.69) is 22.2 Å². The highest BCUT2D eigenvalue weighted by Crippen LogP contribution is 2.21. The van der Waals surface area contributed by atoms with E-state index in [1.165, 1.54) is 17.8 Å². The second-order valence-electron chi connectivity index (χ2n) is 3.90. The molecule has 1 atom stereocenters. The minimum absolute atomic E-state index is 0.0296. The van der Waals surface area contributed by atoms with Gasteiger partial charge in [0.2, 0.25) is 5.91 Å². The van der Waals surface area contributed by atoms with Gasteiger partial charge in [-0.15, -0.1) is 0 Å². The van der Waals surface area contributed by atoms with E-state index in [4.69, 9.17) is 11.5 Å². The second kappa shape index (κ2) is 7.05. The minimum Gasteiger partial charge on any atom is -0.383 e. The first-order valence-electron chi connectivity index (χ1n) is 5.87. The number of carbonyl (C=O) groups is 1. The van der Waals surface area contributed by atoms with Crippen LogP contribution in [-0.4, -0.2) is 27.7 Å². The quantitative estimate of drug-likeness (QED) is 0.404. The van der Waals surface area contributed by atoms with Gasteiger partial charge in [-0.2, -0.15) is 0 Å². The molecule has 0 aliphatic carbocycles. The Bertz CT molecular complexity index is 392. The summed E-state index contributed by atoms with van der Waals surface area (Å²) in [5.41, 5.74) is 11.1. The molecular weight excluding hydrogens is 250 g/mol. The fourth-order valence-electron chi connectivity index (χ4n) is 1.26. The first kappa shape index (κ1) is 14.6. The van der Waals surface area contributed by atoms with Crippen LogP contribution in [0.1, 0.15) is 26.7 Å². The predicted molar refractivity (Wildman–Crippen MR) is 74.1 cm³/mol. The number of amides is 1. The lowest BCUT2D eigenvalue weighted by Gasteiger charge is -2.11. The number of thioether (sulfide) groups is 1. The molecule has 1 aromatic heterocycles. The molecule has 0 aromatic carbocycles. The van der Waals surface area contributed by atoms with Gasteiger partial charge in [-0.1, -0.05) is 25.1 Å². The highest BCUT2D eigenvalue weighted by molar-refractivity contribution is 8.00. The molecule has 0 radical (unpaired) electrons. The van der Waals surface area contributed by atoms with Gasteiger partial charge in [0.25, 0.3) is 0 Å². The lowest BCUT2D eigenvalue weighted by atomic mass is 10.3. The predicted octanol–water partition coefficient (Wildman–Crippen LogP) is 1.04. The van der Waals surface area contributed by atoms with Crippen LogP contribution in [0.15, 0.2) is 11.2 Å². The van der Waals surface area contributed by atoms with Crippen LogP contribution in [-0.2, 0) is 4.79 Å². The van der Waals surface area contributed by atoms with Gasteiger partial charge < -0.3 is 16.8 Å². The molecule has 1 rings (SSSR count). The van der Waals surface area contributed by atoms with E-state index in [1.54, 1.807) is 6.92 Å². The number of nitrogens with two attached hydrogens (primary N) is 2. The largest absolute Gasteiger partial charge is 0.383 e. The third-order valence-electron chi connectivity index (χ3n) is 2.23. The lowest BCUT2D eigenvalue weighted by Crippen LogP contribution is -2.31. The van der Waals surface area contributed by atoms with Gasteiger partial charge >= 0.3 is 0 Å². The van der Waals surface area contributed by atoms with Gasteiger partial charge in [-0.05, 0) is 13.3 Å². The zero-order chi connectivity index (χ0) is 13.5. The summed E-state index contributed by atoms with van der Waals surface area (Å²) in [6.07, 6.45) is 2.03. The van der Waals surface area contributed by atoms with E-state index in [0.717, 1.165) is 12.8 Å². The fourth-order valence-corrected chi connectivity index (χ4v) is 2.08. The maximum atomic E-state index is 11.7. The second-order valence-corrected chi connectivity index (χ2v) is 5.21. The Hall–Kier alpha value is -1.50. The summed E-state index contributed by atoms with van der Waals surface area (Å²) >= 11 is 1.24. The first-order valence-corrected chi connectivity index (χ1v) is 6.75. The van der Waals surface area contributed by atoms with Gasteiger partial charge in [0.15, 0.2) is 5.16 Å². The zero-order valence-corrected chi connectivity index (χ0v) is 11.5. The third-order valence-corrected chi connectivity index (χ3v) is 3.19. The maximum absolute atomic E-state index is 11.7.